The first-order valence-corrected chi connectivity index (χ1v) is 9.19. The Morgan fingerprint density at radius 3 is 2.46 bits per heavy atom. The fraction of sp³-hybridized carbons (Fsp3) is 0.400. The standard InChI is InChI=1S/C15H17Cl2N5OS/c16-12-2-1-3-13(17)11(12)8-21-4-6-22(7-5-21)9-14(23)19-15-20-18-10-24-15/h1-3,10H,4-9H2,(H,19,20,23). The highest BCUT2D eigenvalue weighted by Crippen LogP contribution is 2.26. The Labute approximate surface area is 154 Å². The van der Waals surface area contributed by atoms with Crippen LogP contribution in [0.15, 0.2) is 23.7 Å². The molecule has 0 saturated carbocycles. The van der Waals surface area contributed by atoms with E-state index in [1.54, 1.807) is 5.51 Å². The van der Waals surface area contributed by atoms with Crippen LogP contribution in [0.1, 0.15) is 5.56 Å². The summed E-state index contributed by atoms with van der Waals surface area (Å²) in [4.78, 5) is 16.4. The van der Waals surface area contributed by atoms with Crippen molar-refractivity contribution in [3.63, 3.8) is 0 Å². The van der Waals surface area contributed by atoms with Crippen molar-refractivity contribution in [1.82, 2.24) is 20.0 Å². The molecule has 2 heterocycles. The van der Waals surface area contributed by atoms with E-state index in [0.29, 0.717) is 21.7 Å². The normalized spacial score (nSPS) is 16.2. The lowest BCUT2D eigenvalue weighted by molar-refractivity contribution is -0.117. The average molecular weight is 386 g/mol. The highest BCUT2D eigenvalue weighted by molar-refractivity contribution is 7.13. The smallest absolute Gasteiger partial charge is 0.240 e. The number of carbonyl (C=O) groups is 1. The van der Waals surface area contributed by atoms with Crippen LogP contribution in [-0.4, -0.2) is 58.6 Å². The van der Waals surface area contributed by atoms with E-state index >= 15 is 0 Å². The van der Waals surface area contributed by atoms with Gasteiger partial charge in [0, 0.05) is 48.3 Å². The molecule has 128 valence electrons. The van der Waals surface area contributed by atoms with E-state index in [0.717, 1.165) is 38.3 Å². The van der Waals surface area contributed by atoms with Gasteiger partial charge in [0.25, 0.3) is 0 Å². The van der Waals surface area contributed by atoms with Crippen molar-refractivity contribution >= 4 is 45.6 Å². The molecule has 0 radical (unpaired) electrons. The average Bonchev–Trinajstić information content (AvgIpc) is 3.05. The van der Waals surface area contributed by atoms with Crippen molar-refractivity contribution in [3.8, 4) is 0 Å². The van der Waals surface area contributed by atoms with Gasteiger partial charge in [0.15, 0.2) is 0 Å². The molecule has 1 aromatic heterocycles. The van der Waals surface area contributed by atoms with Crippen LogP contribution in [0.25, 0.3) is 0 Å². The van der Waals surface area contributed by atoms with Gasteiger partial charge < -0.3 is 0 Å². The van der Waals surface area contributed by atoms with E-state index in [1.165, 1.54) is 11.3 Å². The predicted octanol–water partition coefficient (Wildman–Crippen LogP) is 2.60. The lowest BCUT2D eigenvalue weighted by atomic mass is 10.2. The Bertz CT molecular complexity index is 669. The molecule has 0 atom stereocenters. The summed E-state index contributed by atoms with van der Waals surface area (Å²) in [6, 6.07) is 5.57. The number of aromatic nitrogens is 2. The maximum atomic E-state index is 12.0. The molecule has 1 aromatic carbocycles. The molecule has 24 heavy (non-hydrogen) atoms. The van der Waals surface area contributed by atoms with Crippen LogP contribution in [0, 0.1) is 0 Å². The maximum absolute atomic E-state index is 12.0. The first-order chi connectivity index (χ1) is 11.6. The van der Waals surface area contributed by atoms with Crippen molar-refractivity contribution in [1.29, 1.82) is 0 Å². The largest absolute Gasteiger partial charge is 0.299 e. The molecule has 6 nitrogen and oxygen atoms in total. The zero-order valence-corrected chi connectivity index (χ0v) is 15.2. The lowest BCUT2D eigenvalue weighted by Gasteiger charge is -2.34. The van der Waals surface area contributed by atoms with Gasteiger partial charge in [-0.15, -0.1) is 10.2 Å². The fourth-order valence-electron chi connectivity index (χ4n) is 2.60. The number of carbonyl (C=O) groups excluding carboxylic acids is 1. The van der Waals surface area contributed by atoms with E-state index in [-0.39, 0.29) is 5.91 Å². The Morgan fingerprint density at radius 2 is 1.83 bits per heavy atom. The highest BCUT2D eigenvalue weighted by Gasteiger charge is 2.20. The second kappa shape index (κ2) is 8.22. The quantitative estimate of drug-likeness (QED) is 0.856. The molecule has 1 aliphatic heterocycles. The van der Waals surface area contributed by atoms with Crippen LogP contribution in [0.2, 0.25) is 10.0 Å². The third-order valence-electron chi connectivity index (χ3n) is 3.88. The zero-order chi connectivity index (χ0) is 16.9. The molecular formula is C15H17Cl2N5OS. The minimum absolute atomic E-state index is 0.0608. The number of hydrogen-bond acceptors (Lipinski definition) is 6. The molecule has 2 aromatic rings. The minimum atomic E-state index is -0.0608. The first-order valence-electron chi connectivity index (χ1n) is 7.55. The summed E-state index contributed by atoms with van der Waals surface area (Å²) < 4.78 is 0. The Hall–Kier alpha value is -1.25. The number of anilines is 1. The Morgan fingerprint density at radius 1 is 1.17 bits per heavy atom. The number of halogens is 2. The van der Waals surface area contributed by atoms with Gasteiger partial charge in [-0.25, -0.2) is 0 Å². The third kappa shape index (κ3) is 4.64. The summed E-state index contributed by atoms with van der Waals surface area (Å²) in [5.74, 6) is -0.0608. The molecule has 3 rings (SSSR count). The van der Waals surface area contributed by atoms with Crippen molar-refractivity contribution < 1.29 is 4.79 Å². The molecular weight excluding hydrogens is 369 g/mol. The Balaban J connectivity index is 1.46. The summed E-state index contributed by atoms with van der Waals surface area (Å²) >= 11 is 13.8. The van der Waals surface area contributed by atoms with Gasteiger partial charge in [0.2, 0.25) is 11.0 Å². The summed E-state index contributed by atoms with van der Waals surface area (Å²) in [6.07, 6.45) is 0. The summed E-state index contributed by atoms with van der Waals surface area (Å²) in [7, 11) is 0. The molecule has 1 aliphatic rings. The van der Waals surface area contributed by atoms with Gasteiger partial charge >= 0.3 is 0 Å². The number of piperazine rings is 1. The molecule has 9 heteroatoms. The minimum Gasteiger partial charge on any atom is -0.299 e. The van der Waals surface area contributed by atoms with Crippen molar-refractivity contribution in [2.45, 2.75) is 6.54 Å². The first kappa shape index (κ1) is 17.6. The number of hydrogen-bond donors (Lipinski definition) is 1. The summed E-state index contributed by atoms with van der Waals surface area (Å²) in [6.45, 7) is 4.47. The predicted molar refractivity (Wildman–Crippen MR) is 96.7 cm³/mol. The van der Waals surface area contributed by atoms with Crippen molar-refractivity contribution in [3.05, 3.63) is 39.3 Å². The topological polar surface area (TPSA) is 61.4 Å². The van der Waals surface area contributed by atoms with Crippen LogP contribution >= 0.6 is 34.5 Å². The number of nitrogens with zero attached hydrogens (tertiary/aromatic N) is 4. The van der Waals surface area contributed by atoms with Crippen molar-refractivity contribution in [2.24, 2.45) is 0 Å². The number of rotatable bonds is 5. The number of nitrogens with one attached hydrogen (secondary N) is 1. The fourth-order valence-corrected chi connectivity index (χ4v) is 3.58. The molecule has 0 bridgehead atoms. The molecule has 1 fully saturated rings. The van der Waals surface area contributed by atoms with Crippen LogP contribution in [-0.2, 0) is 11.3 Å². The van der Waals surface area contributed by atoms with Crippen molar-refractivity contribution in [2.75, 3.05) is 38.0 Å². The van der Waals surface area contributed by atoms with Crippen LogP contribution in [0.3, 0.4) is 0 Å². The third-order valence-corrected chi connectivity index (χ3v) is 5.20. The molecule has 0 aliphatic carbocycles. The molecule has 1 amide bonds. The van der Waals surface area contributed by atoms with Gasteiger partial charge in [0.1, 0.15) is 5.51 Å². The maximum Gasteiger partial charge on any atom is 0.240 e. The summed E-state index contributed by atoms with van der Waals surface area (Å²) in [5.41, 5.74) is 2.55. The zero-order valence-electron chi connectivity index (χ0n) is 12.9. The number of benzene rings is 1. The van der Waals surface area contributed by atoms with E-state index in [1.807, 2.05) is 18.2 Å². The highest BCUT2D eigenvalue weighted by atomic mass is 35.5. The van der Waals surface area contributed by atoms with Gasteiger partial charge in [-0.2, -0.15) is 0 Å². The second-order valence-corrected chi connectivity index (χ2v) is 7.19. The van der Waals surface area contributed by atoms with E-state index in [2.05, 4.69) is 25.3 Å². The lowest BCUT2D eigenvalue weighted by Crippen LogP contribution is -2.48. The van der Waals surface area contributed by atoms with Gasteiger partial charge in [-0.05, 0) is 12.1 Å². The summed E-state index contributed by atoms with van der Waals surface area (Å²) in [5, 5.41) is 12.2. The molecule has 1 N–H and O–H groups in total. The molecule has 1 saturated heterocycles. The van der Waals surface area contributed by atoms with Crippen LogP contribution in [0.5, 0.6) is 0 Å². The molecule has 0 spiro atoms. The van der Waals surface area contributed by atoms with Gasteiger partial charge in [0.05, 0.1) is 6.54 Å². The monoisotopic (exact) mass is 385 g/mol. The SMILES string of the molecule is O=C(CN1CCN(Cc2c(Cl)cccc2Cl)CC1)Nc1nncs1. The van der Waals surface area contributed by atoms with E-state index in [9.17, 15) is 4.79 Å². The molecule has 0 unspecified atom stereocenters. The Kier molecular flexibility index (Phi) is 6.02. The second-order valence-electron chi connectivity index (χ2n) is 5.54. The number of amides is 1. The van der Waals surface area contributed by atoms with E-state index in [4.69, 9.17) is 23.2 Å². The van der Waals surface area contributed by atoms with Gasteiger partial charge in [-0.3, -0.25) is 19.9 Å². The van der Waals surface area contributed by atoms with E-state index < -0.39 is 0 Å². The van der Waals surface area contributed by atoms with Crippen LogP contribution in [0.4, 0.5) is 5.13 Å². The van der Waals surface area contributed by atoms with Crippen LogP contribution < -0.4 is 5.32 Å². The van der Waals surface area contributed by atoms with Gasteiger partial charge in [-0.1, -0.05) is 40.6 Å².